The molecule has 1 N–H and O–H groups in total. The highest BCUT2D eigenvalue weighted by molar-refractivity contribution is 7.88. The number of sulfonamides is 1. The van der Waals surface area contributed by atoms with Gasteiger partial charge in [0.2, 0.25) is 10.0 Å². The second-order valence-electron chi connectivity index (χ2n) is 6.54. The first-order valence-corrected chi connectivity index (χ1v) is 11.0. The molecule has 0 aliphatic carbocycles. The molecule has 1 aromatic heterocycles. The minimum Gasteiger partial charge on any atom is -0.338 e. The van der Waals surface area contributed by atoms with Crippen LogP contribution in [0, 0.1) is 12.8 Å². The zero-order chi connectivity index (χ0) is 18.6. The number of nitrogens with one attached hydrogen (secondary N) is 1. The summed E-state index contributed by atoms with van der Waals surface area (Å²) in [5.74, 6) is 0.0170. The van der Waals surface area contributed by atoms with Crippen molar-refractivity contribution in [1.29, 1.82) is 0 Å². The minimum atomic E-state index is -3.39. The number of benzene rings is 1. The number of hydrogen-bond acceptors (Lipinski definition) is 6. The lowest BCUT2D eigenvalue weighted by Gasteiger charge is -2.32. The van der Waals surface area contributed by atoms with E-state index in [4.69, 9.17) is 0 Å². The number of amides is 1. The number of hydrogen-bond donors (Lipinski definition) is 1. The second kappa shape index (κ2) is 8.24. The van der Waals surface area contributed by atoms with E-state index in [-0.39, 0.29) is 17.6 Å². The summed E-state index contributed by atoms with van der Waals surface area (Å²) in [7, 11) is -3.39. The SMILES string of the molecule is Cc1nnsc1C(=O)N1CCC[C@@H](CNS(=O)(=O)Cc2ccccc2)C1. The van der Waals surface area contributed by atoms with Gasteiger partial charge >= 0.3 is 0 Å². The molecule has 0 bridgehead atoms. The molecule has 1 fully saturated rings. The molecule has 7 nitrogen and oxygen atoms in total. The van der Waals surface area contributed by atoms with Crippen molar-refractivity contribution in [1.82, 2.24) is 19.2 Å². The summed E-state index contributed by atoms with van der Waals surface area (Å²) in [6.07, 6.45) is 1.76. The highest BCUT2D eigenvalue weighted by Gasteiger charge is 2.27. The monoisotopic (exact) mass is 394 g/mol. The molecule has 140 valence electrons. The second-order valence-corrected chi connectivity index (χ2v) is 9.10. The van der Waals surface area contributed by atoms with Gasteiger partial charge in [0.25, 0.3) is 5.91 Å². The Balaban J connectivity index is 1.55. The molecule has 0 spiro atoms. The van der Waals surface area contributed by atoms with Crippen LogP contribution in [0.15, 0.2) is 30.3 Å². The molecule has 3 rings (SSSR count). The van der Waals surface area contributed by atoms with Crippen LogP contribution >= 0.6 is 11.5 Å². The quantitative estimate of drug-likeness (QED) is 0.807. The van der Waals surface area contributed by atoms with Gasteiger partial charge in [0, 0.05) is 19.6 Å². The molecule has 26 heavy (non-hydrogen) atoms. The Labute approximate surface area is 157 Å². The molecular formula is C17H22N4O3S2. The van der Waals surface area contributed by atoms with E-state index in [1.807, 2.05) is 18.2 Å². The Morgan fingerprint density at radius 1 is 1.35 bits per heavy atom. The van der Waals surface area contributed by atoms with E-state index < -0.39 is 10.0 Å². The third-order valence-corrected chi connectivity index (χ3v) is 6.58. The first-order valence-electron chi connectivity index (χ1n) is 8.54. The van der Waals surface area contributed by atoms with Gasteiger partial charge in [-0.05, 0) is 42.8 Å². The molecular weight excluding hydrogens is 372 g/mol. The first-order chi connectivity index (χ1) is 12.4. The van der Waals surface area contributed by atoms with Crippen LogP contribution in [0.2, 0.25) is 0 Å². The maximum absolute atomic E-state index is 12.6. The molecule has 0 saturated carbocycles. The summed E-state index contributed by atoms with van der Waals surface area (Å²) >= 11 is 1.11. The van der Waals surface area contributed by atoms with E-state index in [1.54, 1.807) is 24.0 Å². The molecule has 2 aromatic rings. The van der Waals surface area contributed by atoms with Crippen molar-refractivity contribution in [3.8, 4) is 0 Å². The number of rotatable bonds is 6. The summed E-state index contributed by atoms with van der Waals surface area (Å²) in [4.78, 5) is 14.9. The van der Waals surface area contributed by atoms with Crippen LogP contribution in [-0.2, 0) is 15.8 Å². The molecule has 2 heterocycles. The molecule has 9 heteroatoms. The summed E-state index contributed by atoms with van der Waals surface area (Å²) in [5.41, 5.74) is 1.40. The zero-order valence-electron chi connectivity index (χ0n) is 14.6. The Morgan fingerprint density at radius 3 is 2.81 bits per heavy atom. The molecule has 0 unspecified atom stereocenters. The van der Waals surface area contributed by atoms with Gasteiger partial charge in [0.05, 0.1) is 11.4 Å². The largest absolute Gasteiger partial charge is 0.338 e. The molecule has 1 amide bonds. The molecule has 1 aliphatic rings. The lowest BCUT2D eigenvalue weighted by molar-refractivity contribution is 0.0680. The molecule has 1 aromatic carbocycles. The van der Waals surface area contributed by atoms with E-state index in [0.29, 0.717) is 30.2 Å². The fourth-order valence-electron chi connectivity index (χ4n) is 3.08. The lowest BCUT2D eigenvalue weighted by atomic mass is 9.98. The normalized spacial score (nSPS) is 18.0. The Hall–Kier alpha value is -1.84. The zero-order valence-corrected chi connectivity index (χ0v) is 16.2. The topological polar surface area (TPSA) is 92.3 Å². The molecule has 1 aliphatic heterocycles. The maximum Gasteiger partial charge on any atom is 0.267 e. The van der Waals surface area contributed by atoms with Crippen LogP contribution in [0.25, 0.3) is 0 Å². The van der Waals surface area contributed by atoms with Gasteiger partial charge in [-0.15, -0.1) is 5.10 Å². The third kappa shape index (κ3) is 4.87. The predicted molar refractivity (Wildman–Crippen MR) is 100 cm³/mol. The summed E-state index contributed by atoms with van der Waals surface area (Å²) in [6, 6.07) is 9.10. The van der Waals surface area contributed by atoms with Gasteiger partial charge < -0.3 is 4.90 Å². The van der Waals surface area contributed by atoms with Gasteiger partial charge in [-0.25, -0.2) is 13.1 Å². The van der Waals surface area contributed by atoms with Crippen LogP contribution in [-0.4, -0.2) is 48.4 Å². The average molecular weight is 395 g/mol. The Kier molecular flexibility index (Phi) is 6.00. The standard InChI is InChI=1S/C17H22N4O3S2/c1-13-16(25-20-19-13)17(22)21-9-5-8-15(11-21)10-18-26(23,24)12-14-6-3-2-4-7-14/h2-4,6-7,15,18H,5,8-12H2,1H3/t15-/m0/s1. The van der Waals surface area contributed by atoms with E-state index >= 15 is 0 Å². The number of likely N-dealkylation sites (tertiary alicyclic amines) is 1. The predicted octanol–water partition coefficient (Wildman–Crippen LogP) is 1.82. The number of nitrogens with zero attached hydrogens (tertiary/aromatic N) is 3. The van der Waals surface area contributed by atoms with Crippen molar-refractivity contribution >= 4 is 27.5 Å². The highest BCUT2D eigenvalue weighted by atomic mass is 32.2. The smallest absolute Gasteiger partial charge is 0.267 e. The van der Waals surface area contributed by atoms with Crippen molar-refractivity contribution in [3.05, 3.63) is 46.5 Å². The highest BCUT2D eigenvalue weighted by Crippen LogP contribution is 2.20. The number of carbonyl (C=O) groups excluding carboxylic acids is 1. The van der Waals surface area contributed by atoms with Crippen molar-refractivity contribution in [2.75, 3.05) is 19.6 Å². The van der Waals surface area contributed by atoms with E-state index in [1.165, 1.54) is 0 Å². The van der Waals surface area contributed by atoms with Gasteiger partial charge in [-0.2, -0.15) is 0 Å². The van der Waals surface area contributed by atoms with Crippen molar-refractivity contribution in [3.63, 3.8) is 0 Å². The van der Waals surface area contributed by atoms with Crippen LogP contribution in [0.3, 0.4) is 0 Å². The Bertz CT molecular complexity index is 852. The van der Waals surface area contributed by atoms with E-state index in [9.17, 15) is 13.2 Å². The van der Waals surface area contributed by atoms with Crippen LogP contribution < -0.4 is 4.72 Å². The fourth-order valence-corrected chi connectivity index (χ4v) is 4.93. The third-order valence-electron chi connectivity index (χ3n) is 4.44. The minimum absolute atomic E-state index is 0.0328. The van der Waals surface area contributed by atoms with E-state index in [0.717, 1.165) is 29.9 Å². The van der Waals surface area contributed by atoms with Gasteiger partial charge in [-0.1, -0.05) is 34.8 Å². The maximum atomic E-state index is 12.6. The molecule has 1 saturated heterocycles. The van der Waals surface area contributed by atoms with Gasteiger partial charge in [-0.3, -0.25) is 4.79 Å². The number of carbonyl (C=O) groups is 1. The average Bonchev–Trinajstić information content (AvgIpc) is 3.06. The fraction of sp³-hybridized carbons (Fsp3) is 0.471. The Morgan fingerprint density at radius 2 is 2.12 bits per heavy atom. The summed E-state index contributed by atoms with van der Waals surface area (Å²) in [5, 5.41) is 3.89. The van der Waals surface area contributed by atoms with Crippen molar-refractivity contribution in [2.24, 2.45) is 5.92 Å². The van der Waals surface area contributed by atoms with E-state index in [2.05, 4.69) is 14.3 Å². The van der Waals surface area contributed by atoms with Crippen LogP contribution in [0.5, 0.6) is 0 Å². The number of piperidine rings is 1. The van der Waals surface area contributed by atoms with Crippen LogP contribution in [0.1, 0.15) is 33.8 Å². The van der Waals surface area contributed by atoms with Crippen molar-refractivity contribution < 1.29 is 13.2 Å². The summed E-state index contributed by atoms with van der Waals surface area (Å²) < 4.78 is 31.1. The molecule has 0 radical (unpaired) electrons. The first kappa shape index (κ1) is 18.9. The number of aromatic nitrogens is 2. The number of aryl methyl sites for hydroxylation is 1. The molecule has 1 atom stereocenters. The summed E-state index contributed by atoms with van der Waals surface area (Å²) in [6.45, 7) is 3.35. The van der Waals surface area contributed by atoms with Gasteiger partial charge in [0.1, 0.15) is 4.88 Å². The van der Waals surface area contributed by atoms with Crippen LogP contribution in [0.4, 0.5) is 0 Å². The van der Waals surface area contributed by atoms with Crippen molar-refractivity contribution in [2.45, 2.75) is 25.5 Å². The lowest BCUT2D eigenvalue weighted by Crippen LogP contribution is -2.43. The van der Waals surface area contributed by atoms with Gasteiger partial charge in [0.15, 0.2) is 0 Å².